The monoisotopic (exact) mass is 205 g/mol. The van der Waals surface area contributed by atoms with Crippen LogP contribution < -0.4 is 4.74 Å². The van der Waals surface area contributed by atoms with Crippen LogP contribution in [0, 0.1) is 6.92 Å². The highest BCUT2D eigenvalue weighted by Crippen LogP contribution is 2.18. The largest absolute Gasteiger partial charge is 0.508 e. The highest BCUT2D eigenvalue weighted by Gasteiger charge is 2.01. The molecule has 4 heteroatoms. The topological polar surface area (TPSA) is 55.5 Å². The number of ether oxygens (including phenoxy) is 1. The van der Waals surface area contributed by atoms with E-state index in [2.05, 4.69) is 5.16 Å². The molecule has 0 bridgehead atoms. The lowest BCUT2D eigenvalue weighted by Gasteiger charge is -2.03. The van der Waals surface area contributed by atoms with Crippen molar-refractivity contribution in [1.29, 1.82) is 0 Å². The van der Waals surface area contributed by atoms with Crippen LogP contribution in [0.25, 0.3) is 0 Å². The van der Waals surface area contributed by atoms with E-state index in [4.69, 9.17) is 9.26 Å². The first-order valence-electron chi connectivity index (χ1n) is 4.58. The van der Waals surface area contributed by atoms with Gasteiger partial charge in [-0.1, -0.05) is 11.2 Å². The van der Waals surface area contributed by atoms with Crippen LogP contribution in [0.2, 0.25) is 0 Å². The van der Waals surface area contributed by atoms with Crippen LogP contribution in [-0.4, -0.2) is 10.3 Å². The molecule has 1 N–H and O–H groups in total. The van der Waals surface area contributed by atoms with Crippen LogP contribution in [0.3, 0.4) is 0 Å². The molecule has 0 fully saturated rings. The molecule has 2 rings (SSSR count). The molecule has 0 aliphatic heterocycles. The van der Waals surface area contributed by atoms with E-state index in [1.54, 1.807) is 24.3 Å². The van der Waals surface area contributed by atoms with Crippen LogP contribution in [-0.2, 0) is 6.61 Å². The summed E-state index contributed by atoms with van der Waals surface area (Å²) >= 11 is 0. The van der Waals surface area contributed by atoms with Crippen molar-refractivity contribution in [2.24, 2.45) is 0 Å². The van der Waals surface area contributed by atoms with Crippen LogP contribution in [0.4, 0.5) is 0 Å². The summed E-state index contributed by atoms with van der Waals surface area (Å²) in [7, 11) is 0. The van der Waals surface area contributed by atoms with E-state index in [1.807, 2.05) is 13.0 Å². The van der Waals surface area contributed by atoms with Gasteiger partial charge in [-0.2, -0.15) is 0 Å². The molecular formula is C11H11NO3. The first-order valence-corrected chi connectivity index (χ1v) is 4.58. The second kappa shape index (κ2) is 4.04. The van der Waals surface area contributed by atoms with E-state index in [0.29, 0.717) is 12.4 Å². The van der Waals surface area contributed by atoms with E-state index < -0.39 is 0 Å². The molecule has 0 saturated heterocycles. The lowest BCUT2D eigenvalue weighted by Crippen LogP contribution is -1.94. The molecule has 0 aliphatic rings. The van der Waals surface area contributed by atoms with Crippen molar-refractivity contribution < 1.29 is 14.4 Å². The molecular weight excluding hydrogens is 194 g/mol. The molecule has 0 amide bonds. The summed E-state index contributed by atoms with van der Waals surface area (Å²) in [5.74, 6) is 1.55. The molecule has 0 aliphatic carbocycles. The first kappa shape index (κ1) is 9.58. The summed E-state index contributed by atoms with van der Waals surface area (Å²) in [6, 6.07) is 8.44. The minimum Gasteiger partial charge on any atom is -0.508 e. The fraction of sp³-hybridized carbons (Fsp3) is 0.182. The van der Waals surface area contributed by atoms with Gasteiger partial charge < -0.3 is 14.4 Å². The third kappa shape index (κ3) is 2.49. The molecule has 2 aromatic rings. The predicted molar refractivity (Wildman–Crippen MR) is 53.7 cm³/mol. The first-order chi connectivity index (χ1) is 7.24. The van der Waals surface area contributed by atoms with Gasteiger partial charge in [-0.15, -0.1) is 0 Å². The Labute approximate surface area is 87.1 Å². The average molecular weight is 205 g/mol. The lowest BCUT2D eigenvalue weighted by atomic mass is 10.3. The summed E-state index contributed by atoms with van der Waals surface area (Å²) in [6.45, 7) is 2.16. The Kier molecular flexibility index (Phi) is 2.58. The summed E-state index contributed by atoms with van der Waals surface area (Å²) in [5.41, 5.74) is 0.732. The van der Waals surface area contributed by atoms with Gasteiger partial charge in [-0.3, -0.25) is 0 Å². The Morgan fingerprint density at radius 1 is 1.40 bits per heavy atom. The number of aromatic hydroxyl groups is 1. The van der Waals surface area contributed by atoms with E-state index in [1.165, 1.54) is 0 Å². The Morgan fingerprint density at radius 3 is 2.93 bits per heavy atom. The van der Waals surface area contributed by atoms with Gasteiger partial charge in [0, 0.05) is 12.1 Å². The molecule has 1 heterocycles. The molecule has 78 valence electrons. The zero-order chi connectivity index (χ0) is 10.7. The molecule has 15 heavy (non-hydrogen) atoms. The van der Waals surface area contributed by atoms with Crippen molar-refractivity contribution in [3.63, 3.8) is 0 Å². The minimum absolute atomic E-state index is 0.184. The van der Waals surface area contributed by atoms with Crippen molar-refractivity contribution >= 4 is 0 Å². The maximum absolute atomic E-state index is 9.20. The smallest absolute Gasteiger partial charge is 0.134 e. The molecule has 0 saturated carbocycles. The van der Waals surface area contributed by atoms with Crippen LogP contribution in [0.15, 0.2) is 34.9 Å². The highest BCUT2D eigenvalue weighted by molar-refractivity contribution is 5.31. The fourth-order valence-corrected chi connectivity index (χ4v) is 1.22. The number of rotatable bonds is 3. The van der Waals surface area contributed by atoms with Gasteiger partial charge >= 0.3 is 0 Å². The average Bonchev–Trinajstić information content (AvgIpc) is 2.62. The van der Waals surface area contributed by atoms with Gasteiger partial charge in [0.05, 0.1) is 0 Å². The van der Waals surface area contributed by atoms with Gasteiger partial charge in [0.15, 0.2) is 0 Å². The van der Waals surface area contributed by atoms with Crippen molar-refractivity contribution in [2.75, 3.05) is 0 Å². The molecule has 0 spiro atoms. The van der Waals surface area contributed by atoms with Gasteiger partial charge in [0.1, 0.15) is 29.6 Å². The quantitative estimate of drug-likeness (QED) is 0.835. The van der Waals surface area contributed by atoms with E-state index >= 15 is 0 Å². The Hall–Kier alpha value is -1.97. The van der Waals surface area contributed by atoms with Gasteiger partial charge in [0.2, 0.25) is 0 Å². The molecule has 1 aromatic heterocycles. The van der Waals surface area contributed by atoms with Gasteiger partial charge in [0.25, 0.3) is 0 Å². The number of hydrogen-bond acceptors (Lipinski definition) is 4. The summed E-state index contributed by atoms with van der Waals surface area (Å²) in [5, 5.41) is 13.0. The standard InChI is InChI=1S/C11H11NO3/c1-8-5-9(12-15-8)7-14-11-4-2-3-10(13)6-11/h2-6,13H,7H2,1H3. The number of hydrogen-bond donors (Lipinski definition) is 1. The van der Waals surface area contributed by atoms with E-state index in [9.17, 15) is 5.11 Å². The van der Waals surface area contributed by atoms with Crippen LogP contribution in [0.5, 0.6) is 11.5 Å². The maximum atomic E-state index is 9.20. The summed E-state index contributed by atoms with van der Waals surface area (Å²) < 4.78 is 10.3. The number of nitrogens with zero attached hydrogens (tertiary/aromatic N) is 1. The molecule has 4 nitrogen and oxygen atoms in total. The van der Waals surface area contributed by atoms with Crippen LogP contribution >= 0.6 is 0 Å². The predicted octanol–water partition coefficient (Wildman–Crippen LogP) is 2.27. The van der Waals surface area contributed by atoms with Crippen molar-refractivity contribution in [2.45, 2.75) is 13.5 Å². The van der Waals surface area contributed by atoms with Crippen molar-refractivity contribution in [3.05, 3.63) is 41.8 Å². The number of benzene rings is 1. The van der Waals surface area contributed by atoms with Gasteiger partial charge in [-0.25, -0.2) is 0 Å². The van der Waals surface area contributed by atoms with E-state index in [-0.39, 0.29) is 5.75 Å². The Bertz CT molecular complexity index is 451. The number of phenolic OH excluding ortho intramolecular Hbond substituents is 1. The van der Waals surface area contributed by atoms with Gasteiger partial charge in [-0.05, 0) is 19.1 Å². The van der Waals surface area contributed by atoms with E-state index in [0.717, 1.165) is 11.5 Å². The molecule has 0 atom stereocenters. The maximum Gasteiger partial charge on any atom is 0.134 e. The third-order valence-corrected chi connectivity index (χ3v) is 1.88. The number of aryl methyl sites for hydroxylation is 1. The Morgan fingerprint density at radius 2 is 2.27 bits per heavy atom. The second-order valence-corrected chi connectivity index (χ2v) is 3.21. The molecule has 1 aromatic carbocycles. The third-order valence-electron chi connectivity index (χ3n) is 1.88. The zero-order valence-electron chi connectivity index (χ0n) is 8.30. The Balaban J connectivity index is 1.99. The molecule has 0 unspecified atom stereocenters. The second-order valence-electron chi connectivity index (χ2n) is 3.21. The minimum atomic E-state index is 0.184. The van der Waals surface area contributed by atoms with Crippen molar-refractivity contribution in [1.82, 2.24) is 5.16 Å². The summed E-state index contributed by atoms with van der Waals surface area (Å²) in [4.78, 5) is 0. The summed E-state index contributed by atoms with van der Waals surface area (Å²) in [6.07, 6.45) is 0. The normalized spacial score (nSPS) is 10.2. The van der Waals surface area contributed by atoms with Crippen molar-refractivity contribution in [3.8, 4) is 11.5 Å². The highest BCUT2D eigenvalue weighted by atomic mass is 16.5. The SMILES string of the molecule is Cc1cc(COc2cccc(O)c2)no1. The number of phenols is 1. The zero-order valence-corrected chi connectivity index (χ0v) is 8.30. The molecule has 0 radical (unpaired) electrons. The van der Waals surface area contributed by atoms with Crippen LogP contribution in [0.1, 0.15) is 11.5 Å². The fourth-order valence-electron chi connectivity index (χ4n) is 1.22. The lowest BCUT2D eigenvalue weighted by molar-refractivity contribution is 0.286. The number of aromatic nitrogens is 1.